The van der Waals surface area contributed by atoms with E-state index in [1.807, 2.05) is 42.3 Å². The molecule has 3 N–H and O–H groups in total. The van der Waals surface area contributed by atoms with E-state index >= 15 is 0 Å². The molecule has 5 rings (SSSR count). The number of nitrogens with one attached hydrogen (secondary N) is 3. The Balaban J connectivity index is 1.31. The highest BCUT2D eigenvalue weighted by atomic mass is 32.2. The molecule has 153 valence electrons. The van der Waals surface area contributed by atoms with Gasteiger partial charge in [-0.05, 0) is 60.9 Å². The van der Waals surface area contributed by atoms with Gasteiger partial charge in [-0.15, -0.1) is 0 Å². The molecule has 2 aromatic rings. The third-order valence-corrected chi connectivity index (χ3v) is 6.04. The summed E-state index contributed by atoms with van der Waals surface area (Å²) in [5.41, 5.74) is 1.86. The van der Waals surface area contributed by atoms with Crippen molar-refractivity contribution in [3.05, 3.63) is 66.0 Å². The Morgan fingerprint density at radius 3 is 2.93 bits per heavy atom. The van der Waals surface area contributed by atoms with Gasteiger partial charge in [-0.3, -0.25) is 19.5 Å². The van der Waals surface area contributed by atoms with Gasteiger partial charge in [0.05, 0.1) is 12.4 Å². The second-order valence-corrected chi connectivity index (χ2v) is 8.51. The molecule has 1 fully saturated rings. The summed E-state index contributed by atoms with van der Waals surface area (Å²) in [5.74, 6) is 3.23. The molecule has 1 aromatic heterocycles. The Morgan fingerprint density at radius 2 is 2.17 bits per heavy atom. The number of hydrogen-bond acceptors (Lipinski definition) is 7. The highest BCUT2D eigenvalue weighted by Crippen LogP contribution is 2.39. The van der Waals surface area contributed by atoms with Gasteiger partial charge in [0.1, 0.15) is 6.54 Å². The van der Waals surface area contributed by atoms with Crippen LogP contribution in [0.5, 0.6) is 0 Å². The van der Waals surface area contributed by atoms with Gasteiger partial charge in [0, 0.05) is 34.7 Å². The lowest BCUT2D eigenvalue weighted by Gasteiger charge is -2.24. The van der Waals surface area contributed by atoms with E-state index in [4.69, 9.17) is 0 Å². The molecule has 1 radical (unpaired) electrons. The third-order valence-electron chi connectivity index (χ3n) is 5.09. The number of fused-ring (bicyclic) bond motifs is 1. The molecule has 8 nitrogen and oxygen atoms in total. The number of aromatic amines is 1. The molecule has 0 bridgehead atoms. The van der Waals surface area contributed by atoms with Crippen LogP contribution in [0.1, 0.15) is 41.7 Å². The fourth-order valence-electron chi connectivity index (χ4n) is 3.41. The number of carbonyl (C=O) groups excluding carboxylic acids is 1. The minimum absolute atomic E-state index is 0.0509. The smallest absolute Gasteiger partial charge is 0.285 e. The highest BCUT2D eigenvalue weighted by molar-refractivity contribution is 7.97. The summed E-state index contributed by atoms with van der Waals surface area (Å²) in [6, 6.07) is 9.72. The molecule has 3 aliphatic rings. The first kappa shape index (κ1) is 19.0. The average molecular weight is 422 g/mol. The lowest BCUT2D eigenvalue weighted by Crippen LogP contribution is -2.42. The molecule has 1 saturated carbocycles. The first-order chi connectivity index (χ1) is 14.7. The van der Waals surface area contributed by atoms with Crippen molar-refractivity contribution in [1.82, 2.24) is 24.7 Å². The van der Waals surface area contributed by atoms with Gasteiger partial charge in [0.15, 0.2) is 12.0 Å². The van der Waals surface area contributed by atoms with Crippen LogP contribution in [0.15, 0.2) is 64.6 Å². The minimum atomic E-state index is -0.0509. The summed E-state index contributed by atoms with van der Waals surface area (Å²) in [7, 11) is 0. The van der Waals surface area contributed by atoms with E-state index in [1.165, 1.54) is 18.5 Å². The van der Waals surface area contributed by atoms with Crippen LogP contribution < -0.4 is 15.5 Å². The number of rotatable bonds is 7. The average Bonchev–Trinajstić information content (AvgIpc) is 3.30. The van der Waals surface area contributed by atoms with Crippen molar-refractivity contribution in [1.29, 1.82) is 0 Å². The van der Waals surface area contributed by atoms with E-state index in [2.05, 4.69) is 42.4 Å². The maximum absolute atomic E-state index is 12.0. The molecular weight excluding hydrogens is 398 g/mol. The van der Waals surface area contributed by atoms with Crippen LogP contribution in [0.3, 0.4) is 0 Å². The van der Waals surface area contributed by atoms with Gasteiger partial charge in [0.2, 0.25) is 0 Å². The molecule has 1 amide bonds. The Labute approximate surface area is 179 Å². The number of anilines is 1. The van der Waals surface area contributed by atoms with Gasteiger partial charge in [-0.25, -0.2) is 0 Å². The van der Waals surface area contributed by atoms with Crippen molar-refractivity contribution in [2.75, 3.05) is 18.4 Å². The van der Waals surface area contributed by atoms with Crippen molar-refractivity contribution >= 4 is 29.5 Å². The van der Waals surface area contributed by atoms with E-state index in [-0.39, 0.29) is 5.91 Å². The number of amidine groups is 1. The molecule has 0 unspecified atom stereocenters. The monoisotopic (exact) mass is 421 g/mol. The molecule has 0 spiro atoms. The molecule has 9 heteroatoms. The lowest BCUT2D eigenvalue weighted by molar-refractivity contribution is 0.0956. The maximum Gasteiger partial charge on any atom is 0.285 e. The van der Waals surface area contributed by atoms with Gasteiger partial charge in [-0.1, -0.05) is 0 Å². The molecule has 0 saturated heterocycles. The minimum Gasteiger partial charge on any atom is -0.352 e. The molecule has 1 aliphatic carbocycles. The molecule has 1 aromatic carbocycles. The SMILES string of the molecule is CCNC(=O)c1ccc(SN2C=C(Nc3cc(C4CC4)[nH]n3)[N+]3C=CN=C3C2)cc1. The van der Waals surface area contributed by atoms with Crippen LogP contribution >= 0.6 is 11.9 Å². The topological polar surface area (TPSA) is 91.3 Å². The molecular formula is C21H23N7OS+. The summed E-state index contributed by atoms with van der Waals surface area (Å²) in [6.45, 7) is 3.21. The van der Waals surface area contributed by atoms with E-state index in [0.29, 0.717) is 24.6 Å². The van der Waals surface area contributed by atoms with Crippen molar-refractivity contribution in [3.63, 3.8) is 0 Å². The zero-order chi connectivity index (χ0) is 20.5. The van der Waals surface area contributed by atoms with Crippen molar-refractivity contribution in [2.45, 2.75) is 30.6 Å². The van der Waals surface area contributed by atoms with E-state index in [9.17, 15) is 4.79 Å². The number of benzene rings is 1. The molecule has 3 heterocycles. The summed E-state index contributed by atoms with van der Waals surface area (Å²) < 4.78 is 2.13. The van der Waals surface area contributed by atoms with Crippen molar-refractivity contribution in [3.8, 4) is 0 Å². The lowest BCUT2D eigenvalue weighted by atomic mass is 10.2. The van der Waals surface area contributed by atoms with Crippen LogP contribution in [0.2, 0.25) is 0 Å². The largest absolute Gasteiger partial charge is 0.352 e. The quantitative estimate of drug-likeness (QED) is 0.471. The number of aliphatic imine (C=N–C) groups is 1. The number of carbonyl (C=O) groups is 1. The first-order valence-electron chi connectivity index (χ1n) is 10.1. The normalized spacial score (nSPS) is 18.1. The fraction of sp³-hybridized carbons (Fsp3) is 0.286. The Bertz CT molecular complexity index is 1040. The summed E-state index contributed by atoms with van der Waals surface area (Å²) in [5, 5.41) is 13.8. The Hall–Kier alpha value is -3.04. The molecule has 30 heavy (non-hydrogen) atoms. The third kappa shape index (κ3) is 3.99. The number of aromatic nitrogens is 2. The summed E-state index contributed by atoms with van der Waals surface area (Å²) >= 11 is 1.60. The van der Waals surface area contributed by atoms with Gasteiger partial charge in [0.25, 0.3) is 17.6 Å². The number of amides is 1. The van der Waals surface area contributed by atoms with Gasteiger partial charge < -0.3 is 5.32 Å². The number of H-pyrrole nitrogens is 1. The second kappa shape index (κ2) is 8.00. The van der Waals surface area contributed by atoms with E-state index in [0.717, 1.165) is 22.4 Å². The van der Waals surface area contributed by atoms with Crippen molar-refractivity contribution < 1.29 is 4.79 Å². The van der Waals surface area contributed by atoms with E-state index in [1.54, 1.807) is 18.1 Å². The van der Waals surface area contributed by atoms with Crippen LogP contribution in [0, 0.1) is 0 Å². The zero-order valence-electron chi connectivity index (χ0n) is 16.6. The molecule has 0 atom stereocenters. The van der Waals surface area contributed by atoms with Crippen LogP contribution in [-0.2, 0) is 0 Å². The second-order valence-electron chi connectivity index (χ2n) is 7.39. The molecule has 2 aliphatic heterocycles. The van der Waals surface area contributed by atoms with Crippen LogP contribution in [-0.4, -0.2) is 39.3 Å². The van der Waals surface area contributed by atoms with Crippen LogP contribution in [0.25, 0.3) is 0 Å². The zero-order valence-corrected chi connectivity index (χ0v) is 17.4. The standard InChI is InChI=1S/C21H23N7OS/c1-2-22-21(29)15-5-7-16(8-6-15)30-27-12-19-23-9-10-28(19)20(13-27)24-18-11-17(25-26-18)14-3-4-14/h5-11,13-14H,2-4,12H2,1H3,(H,22,29)(H2,24,25,26)/q+1. The van der Waals surface area contributed by atoms with E-state index < -0.39 is 0 Å². The maximum atomic E-state index is 12.0. The first-order valence-corrected chi connectivity index (χ1v) is 10.9. The summed E-state index contributed by atoms with van der Waals surface area (Å²) in [4.78, 5) is 19.5. The fourth-order valence-corrected chi connectivity index (χ4v) is 4.27. The predicted molar refractivity (Wildman–Crippen MR) is 118 cm³/mol. The Morgan fingerprint density at radius 1 is 1.33 bits per heavy atom. The highest BCUT2D eigenvalue weighted by Gasteiger charge is 2.37. The van der Waals surface area contributed by atoms with Crippen molar-refractivity contribution in [2.24, 2.45) is 4.99 Å². The van der Waals surface area contributed by atoms with Crippen LogP contribution in [0.4, 0.5) is 5.82 Å². The Kier molecular flexibility index (Phi) is 5.06. The summed E-state index contributed by atoms with van der Waals surface area (Å²) in [6.07, 6.45) is 8.28. The van der Waals surface area contributed by atoms with Gasteiger partial charge >= 0.3 is 0 Å². The number of hydrogen-bond donors (Lipinski definition) is 3. The van der Waals surface area contributed by atoms with Gasteiger partial charge in [-0.2, -0.15) is 10.1 Å². The number of nitrogens with zero attached hydrogens (tertiary/aromatic N) is 4. The predicted octanol–water partition coefficient (Wildman–Crippen LogP) is 3.29.